The number of hydrogen-bond acceptors (Lipinski definition) is 10. The fourth-order valence-corrected chi connectivity index (χ4v) is 3.32. The van der Waals surface area contributed by atoms with Crippen molar-refractivity contribution in [3.63, 3.8) is 0 Å². The Hall–Kier alpha value is -2.35. The minimum absolute atomic E-state index is 0.113. The van der Waals surface area contributed by atoms with Crippen molar-refractivity contribution in [3.05, 3.63) is 22.4 Å². The van der Waals surface area contributed by atoms with Crippen LogP contribution in [-0.4, -0.2) is 79.2 Å². The number of amides is 1. The fourth-order valence-electron chi connectivity index (χ4n) is 2.85. The monoisotopic (exact) mass is 590 g/mol. The number of thiol groups is 1. The number of hydrogen-bond donors (Lipinski definition) is 1. The van der Waals surface area contributed by atoms with Crippen LogP contribution < -0.4 is 0 Å². The molecule has 1 saturated heterocycles. The Bertz CT molecular complexity index is 927. The molecule has 1 aliphatic heterocycles. The Morgan fingerprint density at radius 1 is 1.03 bits per heavy atom. The van der Waals surface area contributed by atoms with Crippen molar-refractivity contribution in [2.45, 2.75) is 71.6 Å². The summed E-state index contributed by atoms with van der Waals surface area (Å²) < 4.78 is 23.9. The molecule has 2 rings (SSSR count). The summed E-state index contributed by atoms with van der Waals surface area (Å²) in [5.74, 6) is -0.976. The molecule has 1 fully saturated rings. The van der Waals surface area contributed by atoms with Crippen molar-refractivity contribution in [2.24, 2.45) is 4.30 Å². The Morgan fingerprint density at radius 2 is 1.53 bits per heavy atom. The number of aromatic nitrogens is 1. The molecular formula is C22H34BBrN3O8S. The molecule has 0 aromatic carbocycles. The van der Waals surface area contributed by atoms with Gasteiger partial charge in [0.1, 0.15) is 17.2 Å². The third-order valence-corrected chi connectivity index (χ3v) is 4.80. The number of carbonyl (C=O) groups excluding carboxylic acids is 4. The van der Waals surface area contributed by atoms with E-state index in [0.29, 0.717) is 17.4 Å². The van der Waals surface area contributed by atoms with Crippen LogP contribution in [0.15, 0.2) is 21.0 Å². The van der Waals surface area contributed by atoms with Gasteiger partial charge in [-0.25, -0.2) is 23.7 Å². The molecule has 11 nitrogen and oxygen atoms in total. The van der Waals surface area contributed by atoms with Crippen LogP contribution in [0.2, 0.25) is 0 Å². The number of ether oxygens (including phenoxy) is 4. The second-order valence-corrected chi connectivity index (χ2v) is 10.4. The molecule has 0 bridgehead atoms. The van der Waals surface area contributed by atoms with Gasteiger partial charge < -0.3 is 18.9 Å². The summed E-state index contributed by atoms with van der Waals surface area (Å²) in [4.78, 5) is 48.0. The van der Waals surface area contributed by atoms with E-state index in [1.54, 1.807) is 47.6 Å². The van der Waals surface area contributed by atoms with Gasteiger partial charge in [0, 0.05) is 12.7 Å². The average Bonchev–Trinajstić information content (AvgIpc) is 3.38. The van der Waals surface area contributed by atoms with E-state index in [1.807, 2.05) is 0 Å². The van der Waals surface area contributed by atoms with Crippen LogP contribution in [0.5, 0.6) is 0 Å². The maximum absolute atomic E-state index is 11.8. The van der Waals surface area contributed by atoms with Gasteiger partial charge in [-0.2, -0.15) is 0 Å². The van der Waals surface area contributed by atoms with E-state index in [0.717, 1.165) is 11.0 Å². The molecule has 0 aliphatic carbocycles. The van der Waals surface area contributed by atoms with Gasteiger partial charge in [-0.1, -0.05) is 0 Å². The van der Waals surface area contributed by atoms with Crippen LogP contribution in [0.25, 0.3) is 0 Å². The third-order valence-electron chi connectivity index (χ3n) is 4.16. The zero-order valence-corrected chi connectivity index (χ0v) is 24.3. The summed E-state index contributed by atoms with van der Waals surface area (Å²) in [7, 11) is 6.91. The first kappa shape index (κ1) is 33.7. The molecule has 0 saturated carbocycles. The van der Waals surface area contributed by atoms with Crippen molar-refractivity contribution in [1.82, 2.24) is 9.47 Å². The summed E-state index contributed by atoms with van der Waals surface area (Å²) in [6.45, 7) is 11.2. The molecule has 36 heavy (non-hydrogen) atoms. The molecule has 2 heterocycles. The van der Waals surface area contributed by atoms with Crippen molar-refractivity contribution >= 4 is 60.5 Å². The molecule has 0 N–H and O–H groups in total. The molecule has 14 heteroatoms. The van der Waals surface area contributed by atoms with Crippen LogP contribution in [0.1, 0.15) is 64.9 Å². The van der Waals surface area contributed by atoms with Gasteiger partial charge >= 0.3 is 48.9 Å². The molecular weight excluding hydrogens is 557 g/mol. The topological polar surface area (TPSA) is 126 Å². The summed E-state index contributed by atoms with van der Waals surface area (Å²) >= 11 is 6.37. The minimum atomic E-state index is -0.624. The van der Waals surface area contributed by atoms with E-state index in [1.165, 1.54) is 25.3 Å². The van der Waals surface area contributed by atoms with Crippen molar-refractivity contribution in [3.8, 4) is 0 Å². The molecule has 1 aliphatic rings. The number of methoxy groups -OCH3 is 2. The predicted molar refractivity (Wildman–Crippen MR) is 140 cm³/mol. The quantitative estimate of drug-likeness (QED) is 0.230. The first-order chi connectivity index (χ1) is 16.5. The van der Waals surface area contributed by atoms with Crippen LogP contribution in [-0.2, 0) is 23.7 Å². The first-order valence-electron chi connectivity index (χ1n) is 10.8. The third kappa shape index (κ3) is 11.6. The Labute approximate surface area is 226 Å². The number of likely N-dealkylation sites (tertiary alicyclic amines) is 1. The summed E-state index contributed by atoms with van der Waals surface area (Å²) in [5, 5.41) is 0. The Kier molecular flexibility index (Phi) is 14.1. The number of esters is 2. The van der Waals surface area contributed by atoms with E-state index >= 15 is 0 Å². The number of halogens is 1. The van der Waals surface area contributed by atoms with Gasteiger partial charge in [-0.05, 0) is 76.4 Å². The molecule has 0 spiro atoms. The van der Waals surface area contributed by atoms with E-state index in [4.69, 9.17) is 9.47 Å². The fraction of sp³-hybridized carbons (Fsp3) is 0.636. The van der Waals surface area contributed by atoms with E-state index in [9.17, 15) is 19.2 Å². The van der Waals surface area contributed by atoms with Crippen molar-refractivity contribution < 1.29 is 38.1 Å². The zero-order valence-electron chi connectivity index (χ0n) is 21.9. The molecule has 1 amide bonds. The van der Waals surface area contributed by atoms with Gasteiger partial charge in [-0.3, -0.25) is 4.90 Å². The summed E-state index contributed by atoms with van der Waals surface area (Å²) in [6.07, 6.45) is 1.83. The van der Waals surface area contributed by atoms with Crippen LogP contribution >= 0.6 is 28.7 Å². The summed E-state index contributed by atoms with van der Waals surface area (Å²) in [6, 6.07) is 1.09. The van der Waals surface area contributed by atoms with Crippen molar-refractivity contribution in [2.75, 3.05) is 20.8 Å². The van der Waals surface area contributed by atoms with Gasteiger partial charge in [0.2, 0.25) is 0 Å². The van der Waals surface area contributed by atoms with Crippen LogP contribution in [0.3, 0.4) is 0 Å². The standard InChI is InChI=1S/C11H14BrNO4.C11H19NO4.BHNS/c1-11(2,3)17-10(15)13-6-5-7(12)8(13)9(14)16-4;1-11(2,3)16-10(14)12-7-5-6-8(12)9(13)15-4;1-2-3/h5-6H,1-4H3;8H,5-7H2,1-4H3;3H. The normalized spacial score (nSPS) is 14.8. The summed E-state index contributed by atoms with van der Waals surface area (Å²) in [5.41, 5.74) is -1.05. The number of rotatable bonds is 2. The SMILES string of the molecule is COC(=O)C1CCCN1C(=O)OC(C)(C)C.COC(=O)c1c(Br)ccn1C(=O)OC(C)(C)C.[B]=NS. The number of nitrogens with zero attached hydrogens (tertiary/aromatic N) is 3. The van der Waals surface area contributed by atoms with Gasteiger partial charge in [-0.15, -0.1) is 0 Å². The molecule has 1 unspecified atom stereocenters. The second kappa shape index (κ2) is 15.0. The molecule has 1 aromatic rings. The van der Waals surface area contributed by atoms with Gasteiger partial charge in [0.15, 0.2) is 5.69 Å². The molecule has 201 valence electrons. The van der Waals surface area contributed by atoms with Gasteiger partial charge in [0.25, 0.3) is 0 Å². The van der Waals surface area contributed by atoms with E-state index < -0.39 is 35.4 Å². The second-order valence-electron chi connectivity index (χ2n) is 9.32. The van der Waals surface area contributed by atoms with Gasteiger partial charge in [0.05, 0.1) is 18.7 Å². The molecule has 1 radical (unpaired) electrons. The van der Waals surface area contributed by atoms with Crippen LogP contribution in [0, 0.1) is 0 Å². The predicted octanol–water partition coefficient (Wildman–Crippen LogP) is 4.56. The van der Waals surface area contributed by atoms with E-state index in [-0.39, 0.29) is 11.7 Å². The average molecular weight is 591 g/mol. The Balaban J connectivity index is 0.000000614. The first-order valence-corrected chi connectivity index (χ1v) is 12.0. The number of carbonyl (C=O) groups is 4. The zero-order chi connectivity index (χ0) is 28.3. The van der Waals surface area contributed by atoms with E-state index in [2.05, 4.69) is 50.2 Å². The van der Waals surface area contributed by atoms with Crippen molar-refractivity contribution in [1.29, 1.82) is 0 Å². The van der Waals surface area contributed by atoms with Crippen LogP contribution in [0.4, 0.5) is 9.59 Å². The molecule has 1 aromatic heterocycles. The Morgan fingerprint density at radius 3 is 1.97 bits per heavy atom. The maximum atomic E-state index is 11.8. The molecule has 1 atom stereocenters.